The number of rotatable bonds is 15. The molecule has 0 aliphatic carbocycles. The number of sulfonamides is 1. The van der Waals surface area contributed by atoms with Gasteiger partial charge in [-0.15, -0.1) is 0 Å². The van der Waals surface area contributed by atoms with Gasteiger partial charge in [0.1, 0.15) is 0 Å². The number of hydrogen-bond donors (Lipinski definition) is 2. The van der Waals surface area contributed by atoms with Crippen molar-refractivity contribution in [2.75, 3.05) is 24.7 Å². The maximum Gasteiger partial charge on any atom is 0.264 e. The summed E-state index contributed by atoms with van der Waals surface area (Å²) < 4.78 is 58.3. The van der Waals surface area contributed by atoms with Crippen LogP contribution in [-0.2, 0) is 24.9 Å². The smallest absolute Gasteiger partial charge is 0.264 e. The SMILES string of the molecule is CC(C)(CCCCOCCCCC(C)(C)CS(N)(=O)=O)CCS(=O)(=O)O. The minimum absolute atomic E-state index is 0.00573. The van der Waals surface area contributed by atoms with Crippen molar-refractivity contribution in [3.8, 4) is 0 Å². The zero-order valence-electron chi connectivity index (χ0n) is 16.7. The fraction of sp³-hybridized carbons (Fsp3) is 1.00. The molecule has 0 saturated heterocycles. The van der Waals surface area contributed by atoms with Crippen LogP contribution in [0.4, 0.5) is 0 Å². The Labute approximate surface area is 159 Å². The van der Waals surface area contributed by atoms with Crippen LogP contribution in [0.5, 0.6) is 0 Å². The van der Waals surface area contributed by atoms with Crippen LogP contribution in [-0.4, -0.2) is 46.1 Å². The molecule has 0 fully saturated rings. The summed E-state index contributed by atoms with van der Waals surface area (Å²) in [6.07, 6.45) is 5.74. The largest absolute Gasteiger partial charge is 0.381 e. The topological polar surface area (TPSA) is 124 Å². The predicted octanol–water partition coefficient (Wildman–Crippen LogP) is 2.96. The maximum absolute atomic E-state index is 11.2. The van der Waals surface area contributed by atoms with Gasteiger partial charge < -0.3 is 4.74 Å². The Balaban J connectivity index is 3.70. The van der Waals surface area contributed by atoms with Crippen LogP contribution in [0, 0.1) is 10.8 Å². The molecule has 0 atom stereocenters. The molecule has 0 unspecified atom stereocenters. The molecule has 0 aromatic heterocycles. The van der Waals surface area contributed by atoms with Crippen molar-refractivity contribution >= 4 is 20.1 Å². The summed E-state index contributed by atoms with van der Waals surface area (Å²) in [5.74, 6) is -0.202. The third-order valence-corrected chi connectivity index (χ3v) is 6.32. The summed E-state index contributed by atoms with van der Waals surface area (Å²) in [6.45, 7) is 9.13. The first-order valence-electron chi connectivity index (χ1n) is 9.15. The van der Waals surface area contributed by atoms with Crippen LogP contribution >= 0.6 is 0 Å². The highest BCUT2D eigenvalue weighted by Gasteiger charge is 2.23. The molecule has 3 N–H and O–H groups in total. The van der Waals surface area contributed by atoms with Crippen LogP contribution in [0.2, 0.25) is 0 Å². The Hall–Kier alpha value is -0.220. The first kappa shape index (κ1) is 25.8. The van der Waals surface area contributed by atoms with E-state index in [9.17, 15) is 16.8 Å². The zero-order chi connectivity index (χ0) is 20.5. The first-order chi connectivity index (χ1) is 11.6. The standard InChI is InChI=1S/C17H37NO6S2/c1-16(2,11-14-26(21,22)23)9-5-7-12-24-13-8-6-10-17(3,4)15-25(18,19)20/h5-15H2,1-4H3,(H2,18,19,20)(H,21,22,23). The lowest BCUT2D eigenvalue weighted by atomic mass is 9.85. The third kappa shape index (κ3) is 17.2. The Morgan fingerprint density at radius 2 is 1.27 bits per heavy atom. The highest BCUT2D eigenvalue weighted by Crippen LogP contribution is 2.28. The average molecular weight is 416 g/mol. The van der Waals surface area contributed by atoms with Crippen LogP contribution < -0.4 is 5.14 Å². The van der Waals surface area contributed by atoms with E-state index in [1.165, 1.54) is 0 Å². The van der Waals surface area contributed by atoms with Crippen molar-refractivity contribution in [2.24, 2.45) is 16.0 Å². The van der Waals surface area contributed by atoms with Crippen molar-refractivity contribution in [3.05, 3.63) is 0 Å². The number of unbranched alkanes of at least 4 members (excludes halogenated alkanes) is 2. The van der Waals surface area contributed by atoms with E-state index >= 15 is 0 Å². The lowest BCUT2D eigenvalue weighted by molar-refractivity contribution is 0.121. The normalized spacial score (nSPS) is 13.9. The number of nitrogens with two attached hydrogens (primary N) is 1. The molecular formula is C17H37NO6S2. The molecule has 0 aromatic carbocycles. The Morgan fingerprint density at radius 1 is 0.808 bits per heavy atom. The monoisotopic (exact) mass is 415 g/mol. The van der Waals surface area contributed by atoms with E-state index in [0.29, 0.717) is 19.6 Å². The second-order valence-electron chi connectivity index (χ2n) is 8.70. The van der Waals surface area contributed by atoms with E-state index in [-0.39, 0.29) is 22.3 Å². The van der Waals surface area contributed by atoms with Crippen LogP contribution in [0.1, 0.15) is 72.6 Å². The van der Waals surface area contributed by atoms with Crippen molar-refractivity contribution in [1.29, 1.82) is 0 Å². The lowest BCUT2D eigenvalue weighted by Gasteiger charge is -2.24. The lowest BCUT2D eigenvalue weighted by Crippen LogP contribution is -2.29. The predicted molar refractivity (Wildman–Crippen MR) is 105 cm³/mol. The van der Waals surface area contributed by atoms with Gasteiger partial charge in [-0.2, -0.15) is 8.42 Å². The summed E-state index contributed by atoms with van der Waals surface area (Å²) in [5.41, 5.74) is -0.439. The summed E-state index contributed by atoms with van der Waals surface area (Å²) in [7, 11) is -7.33. The molecule has 0 saturated carbocycles. The summed E-state index contributed by atoms with van der Waals surface area (Å²) in [6, 6.07) is 0. The van der Waals surface area contributed by atoms with Gasteiger partial charge in [0.25, 0.3) is 10.1 Å². The molecule has 0 aromatic rings. The minimum atomic E-state index is -3.89. The van der Waals surface area contributed by atoms with E-state index < -0.39 is 20.1 Å². The van der Waals surface area contributed by atoms with Crippen molar-refractivity contribution in [3.63, 3.8) is 0 Å². The molecule has 158 valence electrons. The fourth-order valence-corrected chi connectivity index (χ4v) is 4.91. The Kier molecular flexibility index (Phi) is 10.9. The molecule has 9 heteroatoms. The van der Waals surface area contributed by atoms with Gasteiger partial charge >= 0.3 is 0 Å². The van der Waals surface area contributed by atoms with E-state index in [2.05, 4.69) is 0 Å². The molecular weight excluding hydrogens is 378 g/mol. The quantitative estimate of drug-likeness (QED) is 0.313. The van der Waals surface area contributed by atoms with Gasteiger partial charge in [0.2, 0.25) is 10.0 Å². The summed E-state index contributed by atoms with van der Waals surface area (Å²) >= 11 is 0. The van der Waals surface area contributed by atoms with E-state index in [1.54, 1.807) is 0 Å². The maximum atomic E-state index is 11.2. The molecule has 0 bridgehead atoms. The van der Waals surface area contributed by atoms with Crippen LogP contribution in [0.15, 0.2) is 0 Å². The first-order valence-corrected chi connectivity index (χ1v) is 12.5. The summed E-state index contributed by atoms with van der Waals surface area (Å²) in [4.78, 5) is 0. The number of hydrogen-bond acceptors (Lipinski definition) is 5. The molecule has 0 spiro atoms. The second kappa shape index (κ2) is 10.9. The van der Waals surface area contributed by atoms with Crippen molar-refractivity contribution in [1.82, 2.24) is 0 Å². The molecule has 0 amide bonds. The third-order valence-electron chi connectivity index (χ3n) is 4.41. The molecule has 0 radical (unpaired) electrons. The zero-order valence-corrected chi connectivity index (χ0v) is 18.3. The van der Waals surface area contributed by atoms with Crippen LogP contribution in [0.25, 0.3) is 0 Å². The van der Waals surface area contributed by atoms with Crippen molar-refractivity contribution in [2.45, 2.75) is 72.6 Å². The number of ether oxygens (including phenoxy) is 1. The van der Waals surface area contributed by atoms with Gasteiger partial charge in [-0.05, 0) is 42.9 Å². The van der Waals surface area contributed by atoms with E-state index in [1.807, 2.05) is 27.7 Å². The molecule has 7 nitrogen and oxygen atoms in total. The van der Waals surface area contributed by atoms with Crippen LogP contribution in [0.3, 0.4) is 0 Å². The van der Waals surface area contributed by atoms with Gasteiger partial charge in [-0.25, -0.2) is 13.6 Å². The highest BCUT2D eigenvalue weighted by molar-refractivity contribution is 7.89. The average Bonchev–Trinajstić information content (AvgIpc) is 2.40. The molecule has 26 heavy (non-hydrogen) atoms. The minimum Gasteiger partial charge on any atom is -0.381 e. The highest BCUT2D eigenvalue weighted by atomic mass is 32.2. The van der Waals surface area contributed by atoms with Crippen molar-refractivity contribution < 1.29 is 26.1 Å². The van der Waals surface area contributed by atoms with Gasteiger partial charge in [0, 0.05) is 13.2 Å². The fourth-order valence-electron chi connectivity index (χ4n) is 2.86. The van der Waals surface area contributed by atoms with Gasteiger partial charge in [0.15, 0.2) is 0 Å². The second-order valence-corrected chi connectivity index (χ2v) is 11.9. The van der Waals surface area contributed by atoms with Gasteiger partial charge in [-0.1, -0.05) is 40.5 Å². The van der Waals surface area contributed by atoms with Gasteiger partial charge in [-0.3, -0.25) is 4.55 Å². The Morgan fingerprint density at radius 3 is 1.69 bits per heavy atom. The van der Waals surface area contributed by atoms with E-state index in [4.69, 9.17) is 14.4 Å². The molecule has 0 heterocycles. The number of primary sulfonamides is 1. The van der Waals surface area contributed by atoms with E-state index in [0.717, 1.165) is 38.5 Å². The molecule has 0 rings (SSSR count). The summed E-state index contributed by atoms with van der Waals surface area (Å²) in [5, 5.41) is 5.10. The molecule has 0 aliphatic rings. The van der Waals surface area contributed by atoms with Gasteiger partial charge in [0.05, 0.1) is 11.5 Å². The molecule has 0 aliphatic heterocycles. The Bertz CT molecular complexity index is 597.